The first kappa shape index (κ1) is 8.72. The minimum absolute atomic E-state index is 0.0509. The molecule has 0 amide bonds. The third-order valence-corrected chi connectivity index (χ3v) is 2.47. The van der Waals surface area contributed by atoms with E-state index in [0.29, 0.717) is 13.2 Å². The molecular formula is C9H14N2O2. The third-order valence-electron chi connectivity index (χ3n) is 2.47. The maximum absolute atomic E-state index is 9.60. The van der Waals surface area contributed by atoms with Crippen molar-refractivity contribution in [3.05, 3.63) is 18.2 Å². The van der Waals surface area contributed by atoms with Gasteiger partial charge in [0.05, 0.1) is 25.2 Å². The lowest BCUT2D eigenvalue weighted by atomic mass is 10.1. The summed E-state index contributed by atoms with van der Waals surface area (Å²) in [6.07, 6.45) is 3.30. The van der Waals surface area contributed by atoms with Gasteiger partial charge in [-0.15, -0.1) is 0 Å². The normalized spacial score (nSPS) is 28.2. The number of aliphatic hydroxyl groups excluding tert-OH is 1. The van der Waals surface area contributed by atoms with E-state index in [1.807, 2.05) is 10.8 Å². The van der Waals surface area contributed by atoms with Crippen LogP contribution < -0.4 is 0 Å². The van der Waals surface area contributed by atoms with Crippen molar-refractivity contribution in [2.24, 2.45) is 0 Å². The van der Waals surface area contributed by atoms with Gasteiger partial charge < -0.3 is 14.4 Å². The molecule has 0 aromatic carbocycles. The zero-order valence-corrected chi connectivity index (χ0v) is 7.68. The molecule has 1 fully saturated rings. The van der Waals surface area contributed by atoms with Crippen LogP contribution in [0.3, 0.4) is 0 Å². The average Bonchev–Trinajstić information content (AvgIpc) is 2.71. The summed E-state index contributed by atoms with van der Waals surface area (Å²) in [5, 5.41) is 9.60. The smallest absolute Gasteiger partial charge is 0.116 e. The van der Waals surface area contributed by atoms with Crippen LogP contribution in [0.25, 0.3) is 0 Å². The summed E-state index contributed by atoms with van der Waals surface area (Å²) in [6, 6.07) is 0. The number of imidazole rings is 1. The van der Waals surface area contributed by atoms with Crippen LogP contribution in [-0.4, -0.2) is 34.0 Å². The summed E-state index contributed by atoms with van der Waals surface area (Å²) in [6.45, 7) is 3.96. The van der Waals surface area contributed by atoms with Gasteiger partial charge in [-0.05, 0) is 6.92 Å². The summed E-state index contributed by atoms with van der Waals surface area (Å²) >= 11 is 0. The Morgan fingerprint density at radius 3 is 3.15 bits per heavy atom. The van der Waals surface area contributed by atoms with E-state index in [0.717, 1.165) is 12.4 Å². The van der Waals surface area contributed by atoms with Crippen LogP contribution in [-0.2, 0) is 11.3 Å². The molecule has 72 valence electrons. The first-order valence-corrected chi connectivity index (χ1v) is 4.59. The number of nitrogens with zero attached hydrogens (tertiary/aromatic N) is 2. The van der Waals surface area contributed by atoms with Gasteiger partial charge in [-0.2, -0.15) is 0 Å². The first-order chi connectivity index (χ1) is 6.33. The number of aryl methyl sites for hydroxylation is 1. The molecule has 0 bridgehead atoms. The Morgan fingerprint density at radius 2 is 2.54 bits per heavy atom. The molecule has 1 aliphatic heterocycles. The van der Waals surface area contributed by atoms with Crippen LogP contribution >= 0.6 is 0 Å². The van der Waals surface area contributed by atoms with Crippen molar-refractivity contribution in [1.29, 1.82) is 0 Å². The molecule has 1 aliphatic rings. The predicted octanol–water partition coefficient (Wildman–Crippen LogP) is 0.378. The second-order valence-corrected chi connectivity index (χ2v) is 3.28. The van der Waals surface area contributed by atoms with Crippen LogP contribution in [0.5, 0.6) is 0 Å². The zero-order chi connectivity index (χ0) is 9.26. The van der Waals surface area contributed by atoms with Gasteiger partial charge in [0.1, 0.15) is 5.82 Å². The lowest BCUT2D eigenvalue weighted by Crippen LogP contribution is -2.19. The highest BCUT2D eigenvalue weighted by molar-refractivity contribution is 5.05. The monoisotopic (exact) mass is 182 g/mol. The lowest BCUT2D eigenvalue weighted by molar-refractivity contribution is 0.124. The van der Waals surface area contributed by atoms with Crippen molar-refractivity contribution in [3.63, 3.8) is 0 Å². The lowest BCUT2D eigenvalue weighted by Gasteiger charge is -2.13. The van der Waals surface area contributed by atoms with Crippen molar-refractivity contribution >= 4 is 0 Å². The third kappa shape index (κ3) is 1.47. The second-order valence-electron chi connectivity index (χ2n) is 3.28. The molecule has 0 unspecified atom stereocenters. The Kier molecular flexibility index (Phi) is 2.33. The Balaban J connectivity index is 2.23. The van der Waals surface area contributed by atoms with Crippen molar-refractivity contribution in [2.45, 2.75) is 25.5 Å². The SMILES string of the molecule is CCn1ccnc1[C@@H]1COC[C@H]1O. The molecule has 0 spiro atoms. The average molecular weight is 182 g/mol. The highest BCUT2D eigenvalue weighted by Gasteiger charge is 2.30. The topological polar surface area (TPSA) is 47.3 Å². The molecule has 0 saturated carbocycles. The largest absolute Gasteiger partial charge is 0.390 e. The molecule has 0 radical (unpaired) electrons. The van der Waals surface area contributed by atoms with Crippen LogP contribution in [0.4, 0.5) is 0 Å². The van der Waals surface area contributed by atoms with Gasteiger partial charge in [0.15, 0.2) is 0 Å². The Labute approximate surface area is 77.2 Å². The Hall–Kier alpha value is -0.870. The molecule has 1 aromatic heterocycles. The minimum atomic E-state index is -0.396. The number of aliphatic hydroxyl groups is 1. The van der Waals surface area contributed by atoms with Crippen LogP contribution in [0, 0.1) is 0 Å². The van der Waals surface area contributed by atoms with E-state index in [1.165, 1.54) is 0 Å². The molecule has 2 heterocycles. The number of aromatic nitrogens is 2. The van der Waals surface area contributed by atoms with Crippen molar-refractivity contribution in [1.82, 2.24) is 9.55 Å². The maximum Gasteiger partial charge on any atom is 0.116 e. The molecule has 1 aromatic rings. The number of hydrogen-bond donors (Lipinski definition) is 1. The van der Waals surface area contributed by atoms with E-state index in [-0.39, 0.29) is 5.92 Å². The Morgan fingerprint density at radius 1 is 1.69 bits per heavy atom. The zero-order valence-electron chi connectivity index (χ0n) is 7.68. The van der Waals surface area contributed by atoms with Gasteiger partial charge >= 0.3 is 0 Å². The van der Waals surface area contributed by atoms with E-state index < -0.39 is 6.10 Å². The molecule has 1 saturated heterocycles. The van der Waals surface area contributed by atoms with Gasteiger partial charge in [0, 0.05) is 18.9 Å². The molecular weight excluding hydrogens is 168 g/mol. The maximum atomic E-state index is 9.60. The highest BCUT2D eigenvalue weighted by Crippen LogP contribution is 2.24. The number of ether oxygens (including phenoxy) is 1. The minimum Gasteiger partial charge on any atom is -0.390 e. The first-order valence-electron chi connectivity index (χ1n) is 4.59. The van der Waals surface area contributed by atoms with Crippen molar-refractivity contribution < 1.29 is 9.84 Å². The van der Waals surface area contributed by atoms with E-state index in [1.54, 1.807) is 6.20 Å². The number of rotatable bonds is 2. The molecule has 4 heteroatoms. The second kappa shape index (κ2) is 3.47. The van der Waals surface area contributed by atoms with Gasteiger partial charge in [0.25, 0.3) is 0 Å². The van der Waals surface area contributed by atoms with Gasteiger partial charge in [0.2, 0.25) is 0 Å². The summed E-state index contributed by atoms with van der Waals surface area (Å²) in [5.41, 5.74) is 0. The predicted molar refractivity (Wildman–Crippen MR) is 47.5 cm³/mol. The Bertz CT molecular complexity index is 285. The van der Waals surface area contributed by atoms with E-state index in [4.69, 9.17) is 4.74 Å². The van der Waals surface area contributed by atoms with Gasteiger partial charge in [-0.1, -0.05) is 0 Å². The van der Waals surface area contributed by atoms with Crippen LogP contribution in [0.2, 0.25) is 0 Å². The van der Waals surface area contributed by atoms with Crippen LogP contribution in [0.15, 0.2) is 12.4 Å². The fraction of sp³-hybridized carbons (Fsp3) is 0.667. The van der Waals surface area contributed by atoms with Gasteiger partial charge in [-0.25, -0.2) is 4.98 Å². The highest BCUT2D eigenvalue weighted by atomic mass is 16.5. The summed E-state index contributed by atoms with van der Waals surface area (Å²) < 4.78 is 7.23. The molecule has 4 nitrogen and oxygen atoms in total. The standard InChI is InChI=1S/C9H14N2O2/c1-2-11-4-3-10-9(11)7-5-13-6-8(7)12/h3-4,7-8,12H,2,5-6H2,1H3/t7-,8-/m1/s1. The summed E-state index contributed by atoms with van der Waals surface area (Å²) in [7, 11) is 0. The van der Waals surface area contributed by atoms with Crippen molar-refractivity contribution in [2.75, 3.05) is 13.2 Å². The number of hydrogen-bond acceptors (Lipinski definition) is 3. The van der Waals surface area contributed by atoms with E-state index >= 15 is 0 Å². The molecule has 1 N–H and O–H groups in total. The fourth-order valence-corrected chi connectivity index (χ4v) is 1.71. The molecule has 13 heavy (non-hydrogen) atoms. The van der Waals surface area contributed by atoms with Crippen LogP contribution in [0.1, 0.15) is 18.7 Å². The van der Waals surface area contributed by atoms with E-state index in [9.17, 15) is 5.11 Å². The quantitative estimate of drug-likeness (QED) is 0.719. The molecule has 2 rings (SSSR count). The summed E-state index contributed by atoms with van der Waals surface area (Å²) in [4.78, 5) is 4.24. The molecule has 0 aliphatic carbocycles. The molecule has 2 atom stereocenters. The summed E-state index contributed by atoms with van der Waals surface area (Å²) in [5.74, 6) is 0.988. The fourth-order valence-electron chi connectivity index (χ4n) is 1.71. The van der Waals surface area contributed by atoms with E-state index in [2.05, 4.69) is 11.9 Å². The van der Waals surface area contributed by atoms with Crippen molar-refractivity contribution in [3.8, 4) is 0 Å². The van der Waals surface area contributed by atoms with Gasteiger partial charge in [-0.3, -0.25) is 0 Å².